The molecule has 1 amide bonds. The van der Waals surface area contributed by atoms with E-state index < -0.39 is 0 Å². The van der Waals surface area contributed by atoms with Gasteiger partial charge < -0.3 is 14.5 Å². The predicted molar refractivity (Wildman–Crippen MR) is 100 cm³/mol. The monoisotopic (exact) mass is 404 g/mol. The Morgan fingerprint density at radius 1 is 1.28 bits per heavy atom. The average Bonchev–Trinajstić information content (AvgIpc) is 2.62. The summed E-state index contributed by atoms with van der Waals surface area (Å²) in [6.45, 7) is 1.28. The summed E-state index contributed by atoms with van der Waals surface area (Å²) in [5.41, 5.74) is 0.677. The van der Waals surface area contributed by atoms with E-state index in [2.05, 4.69) is 25.9 Å². The van der Waals surface area contributed by atoms with E-state index in [1.807, 2.05) is 48.2 Å². The van der Waals surface area contributed by atoms with Crippen molar-refractivity contribution < 1.29 is 9.53 Å². The maximum Gasteiger partial charge on any atom is 0.257 e. The summed E-state index contributed by atoms with van der Waals surface area (Å²) in [5, 5.41) is 0. The zero-order valence-corrected chi connectivity index (χ0v) is 15.9. The minimum Gasteiger partial charge on any atom is -0.470 e. The second kappa shape index (κ2) is 7.82. The molecule has 1 saturated heterocycles. The smallest absolute Gasteiger partial charge is 0.257 e. The number of rotatable bonds is 4. The first-order valence-corrected chi connectivity index (χ1v) is 9.04. The van der Waals surface area contributed by atoms with Crippen molar-refractivity contribution in [1.29, 1.82) is 0 Å². The van der Waals surface area contributed by atoms with Crippen molar-refractivity contribution in [1.82, 2.24) is 14.9 Å². The lowest BCUT2D eigenvalue weighted by Gasteiger charge is -2.33. The second-order valence-electron chi connectivity index (χ2n) is 6.19. The maximum atomic E-state index is 12.8. The molecule has 0 saturated carbocycles. The topological polar surface area (TPSA) is 58.6 Å². The summed E-state index contributed by atoms with van der Waals surface area (Å²) < 4.78 is 6.89. The first-order chi connectivity index (χ1) is 12.1. The summed E-state index contributed by atoms with van der Waals surface area (Å²) in [5.74, 6) is 1.22. The van der Waals surface area contributed by atoms with Crippen LogP contribution in [0.15, 0.2) is 41.1 Å². The molecule has 1 unspecified atom stereocenters. The van der Waals surface area contributed by atoms with Crippen LogP contribution in [0.3, 0.4) is 0 Å². The zero-order valence-electron chi connectivity index (χ0n) is 14.4. The number of benzene rings is 1. The van der Waals surface area contributed by atoms with Crippen molar-refractivity contribution in [3.05, 3.63) is 46.7 Å². The fraction of sp³-hybridized carbons (Fsp3) is 0.389. The van der Waals surface area contributed by atoms with E-state index >= 15 is 0 Å². The molecule has 2 aromatic rings. The highest BCUT2D eigenvalue weighted by molar-refractivity contribution is 9.10. The molecule has 132 valence electrons. The van der Waals surface area contributed by atoms with Gasteiger partial charge in [0.15, 0.2) is 5.82 Å². The molecule has 1 fully saturated rings. The van der Waals surface area contributed by atoms with E-state index in [1.54, 1.807) is 12.4 Å². The fourth-order valence-corrected chi connectivity index (χ4v) is 3.34. The molecule has 1 atom stereocenters. The number of hydrogen-bond acceptors (Lipinski definition) is 5. The molecule has 3 rings (SSSR count). The number of ether oxygens (including phenoxy) is 1. The Morgan fingerprint density at radius 2 is 2.04 bits per heavy atom. The summed E-state index contributed by atoms with van der Waals surface area (Å²) in [7, 11) is 3.81. The molecule has 6 nitrogen and oxygen atoms in total. The van der Waals surface area contributed by atoms with Crippen molar-refractivity contribution in [3.8, 4) is 5.88 Å². The van der Waals surface area contributed by atoms with Crippen molar-refractivity contribution in [2.45, 2.75) is 18.9 Å². The van der Waals surface area contributed by atoms with Gasteiger partial charge in [-0.2, -0.15) is 0 Å². The summed E-state index contributed by atoms with van der Waals surface area (Å²) in [6, 6.07) is 7.50. The number of anilines is 1. The lowest BCUT2D eigenvalue weighted by atomic mass is 10.1. The van der Waals surface area contributed by atoms with Gasteiger partial charge in [-0.05, 0) is 40.9 Å². The Hall–Kier alpha value is -2.15. The molecule has 0 aliphatic carbocycles. The Morgan fingerprint density at radius 3 is 2.80 bits per heavy atom. The average molecular weight is 405 g/mol. The number of carbonyl (C=O) groups is 1. The number of likely N-dealkylation sites (tertiary alicyclic amines) is 1. The second-order valence-corrected chi connectivity index (χ2v) is 7.05. The SMILES string of the molecule is CN(C)c1nccnc1OC1CCCN(C(=O)c2ccccc2Br)C1. The van der Waals surface area contributed by atoms with E-state index in [-0.39, 0.29) is 12.0 Å². The Balaban J connectivity index is 1.72. The zero-order chi connectivity index (χ0) is 17.8. The predicted octanol–water partition coefficient (Wildman–Crippen LogP) is 2.99. The van der Waals surface area contributed by atoms with Crippen molar-refractivity contribution >= 4 is 27.7 Å². The Kier molecular flexibility index (Phi) is 5.53. The lowest BCUT2D eigenvalue weighted by molar-refractivity contribution is 0.0527. The largest absolute Gasteiger partial charge is 0.470 e. The molecular weight excluding hydrogens is 384 g/mol. The van der Waals surface area contributed by atoms with E-state index in [1.165, 1.54) is 0 Å². The molecule has 1 aromatic heterocycles. The van der Waals surface area contributed by atoms with E-state index in [0.29, 0.717) is 23.8 Å². The Labute approximate surface area is 156 Å². The van der Waals surface area contributed by atoms with Crippen LogP contribution in [0, 0.1) is 0 Å². The van der Waals surface area contributed by atoms with Gasteiger partial charge in [0.05, 0.1) is 12.1 Å². The first-order valence-electron chi connectivity index (χ1n) is 8.25. The maximum absolute atomic E-state index is 12.8. The molecule has 0 N–H and O–H groups in total. The molecule has 25 heavy (non-hydrogen) atoms. The normalized spacial score (nSPS) is 17.2. The van der Waals surface area contributed by atoms with Crippen LogP contribution in [0.25, 0.3) is 0 Å². The molecule has 1 aliphatic rings. The quantitative estimate of drug-likeness (QED) is 0.783. The van der Waals surface area contributed by atoms with Crippen LogP contribution < -0.4 is 9.64 Å². The number of nitrogens with zero attached hydrogens (tertiary/aromatic N) is 4. The highest BCUT2D eigenvalue weighted by Crippen LogP contribution is 2.25. The van der Waals surface area contributed by atoms with Crippen molar-refractivity contribution in [2.24, 2.45) is 0 Å². The fourth-order valence-electron chi connectivity index (χ4n) is 2.89. The van der Waals surface area contributed by atoms with E-state index in [0.717, 1.165) is 23.9 Å². The number of amides is 1. The van der Waals surface area contributed by atoms with Gasteiger partial charge in [-0.15, -0.1) is 0 Å². The molecule has 2 heterocycles. The molecule has 1 aromatic carbocycles. The third kappa shape index (κ3) is 4.10. The van der Waals surface area contributed by atoms with Crippen LogP contribution >= 0.6 is 15.9 Å². The van der Waals surface area contributed by atoms with E-state index in [4.69, 9.17) is 4.74 Å². The standard InChI is InChI=1S/C18H21BrN4O2/c1-22(2)16-17(21-10-9-20-16)25-13-6-5-11-23(12-13)18(24)14-7-3-4-8-15(14)19/h3-4,7-10,13H,5-6,11-12H2,1-2H3. The minimum atomic E-state index is -0.0874. The van der Waals surface area contributed by atoms with Crippen LogP contribution in [0.2, 0.25) is 0 Å². The molecule has 0 spiro atoms. The van der Waals surface area contributed by atoms with Crippen LogP contribution in [-0.4, -0.2) is 54.1 Å². The van der Waals surface area contributed by atoms with Gasteiger partial charge in [-0.3, -0.25) is 4.79 Å². The summed E-state index contributed by atoms with van der Waals surface area (Å²) in [4.78, 5) is 25.1. The highest BCUT2D eigenvalue weighted by atomic mass is 79.9. The number of carbonyl (C=O) groups excluding carboxylic acids is 1. The molecule has 7 heteroatoms. The van der Waals surface area contributed by atoms with Gasteiger partial charge >= 0.3 is 0 Å². The number of hydrogen-bond donors (Lipinski definition) is 0. The van der Waals surface area contributed by atoms with Crippen LogP contribution in [0.4, 0.5) is 5.82 Å². The van der Waals surface area contributed by atoms with Gasteiger partial charge in [0.2, 0.25) is 0 Å². The van der Waals surface area contributed by atoms with Crippen molar-refractivity contribution in [3.63, 3.8) is 0 Å². The van der Waals surface area contributed by atoms with Gasteiger partial charge in [-0.1, -0.05) is 12.1 Å². The van der Waals surface area contributed by atoms with Crippen LogP contribution in [0.1, 0.15) is 23.2 Å². The first kappa shape index (κ1) is 17.7. The molecule has 0 radical (unpaired) electrons. The highest BCUT2D eigenvalue weighted by Gasteiger charge is 2.27. The number of aromatic nitrogens is 2. The summed E-state index contributed by atoms with van der Waals surface area (Å²) in [6.07, 6.45) is 4.97. The van der Waals surface area contributed by atoms with Crippen molar-refractivity contribution in [2.75, 3.05) is 32.1 Å². The Bertz CT molecular complexity index is 753. The molecular formula is C18H21BrN4O2. The van der Waals surface area contributed by atoms with Crippen LogP contribution in [-0.2, 0) is 0 Å². The van der Waals surface area contributed by atoms with Gasteiger partial charge in [0.1, 0.15) is 6.10 Å². The third-order valence-corrected chi connectivity index (χ3v) is 4.81. The van der Waals surface area contributed by atoms with Crippen LogP contribution in [0.5, 0.6) is 5.88 Å². The minimum absolute atomic E-state index is 0.0211. The van der Waals surface area contributed by atoms with E-state index in [9.17, 15) is 4.79 Å². The number of halogens is 1. The lowest BCUT2D eigenvalue weighted by Crippen LogP contribution is -2.44. The van der Waals surface area contributed by atoms with Gasteiger partial charge in [0.25, 0.3) is 11.8 Å². The summed E-state index contributed by atoms with van der Waals surface area (Å²) >= 11 is 3.46. The van der Waals surface area contributed by atoms with Gasteiger partial charge in [-0.25, -0.2) is 9.97 Å². The molecule has 1 aliphatic heterocycles. The third-order valence-electron chi connectivity index (χ3n) is 4.12. The number of piperidine rings is 1. The van der Waals surface area contributed by atoms with Gasteiger partial charge in [0, 0.05) is 37.5 Å². The molecule has 0 bridgehead atoms.